The third-order valence-corrected chi connectivity index (χ3v) is 3.45. The number of para-hydroxylation sites is 1. The minimum absolute atomic E-state index is 0.0228. The molecule has 0 fully saturated rings. The quantitative estimate of drug-likeness (QED) is 0.861. The van der Waals surface area contributed by atoms with Gasteiger partial charge >= 0.3 is 0 Å². The maximum absolute atomic E-state index is 12.2. The van der Waals surface area contributed by atoms with E-state index in [1.165, 1.54) is 0 Å². The highest BCUT2D eigenvalue weighted by Crippen LogP contribution is 2.15. The number of nitrogens with one attached hydrogen (secondary N) is 2. The number of carbonyl (C=O) groups excluding carboxylic acids is 2. The van der Waals surface area contributed by atoms with Gasteiger partial charge in [0.15, 0.2) is 0 Å². The van der Waals surface area contributed by atoms with Crippen molar-refractivity contribution in [2.24, 2.45) is 0 Å². The highest BCUT2D eigenvalue weighted by Gasteiger charge is 2.10. The second-order valence-electron chi connectivity index (χ2n) is 5.12. The van der Waals surface area contributed by atoms with Crippen LogP contribution in [0.3, 0.4) is 0 Å². The van der Waals surface area contributed by atoms with Crippen LogP contribution in [0.5, 0.6) is 0 Å². The predicted molar refractivity (Wildman–Crippen MR) is 93.7 cm³/mol. The van der Waals surface area contributed by atoms with Crippen molar-refractivity contribution < 1.29 is 9.59 Å². The molecule has 2 rings (SSSR count). The molecule has 2 aromatic rings. The third kappa shape index (κ3) is 4.85. The van der Waals surface area contributed by atoms with Crippen molar-refractivity contribution in [1.82, 2.24) is 0 Å². The van der Waals surface area contributed by atoms with Crippen LogP contribution >= 0.6 is 0 Å². The van der Waals surface area contributed by atoms with Gasteiger partial charge in [-0.2, -0.15) is 0 Å². The lowest BCUT2D eigenvalue weighted by molar-refractivity contribution is -0.117. The number of rotatable bonds is 6. The van der Waals surface area contributed by atoms with Gasteiger partial charge < -0.3 is 15.5 Å². The molecular weight excluding hydrogens is 290 g/mol. The molecule has 2 N–H and O–H groups in total. The van der Waals surface area contributed by atoms with Gasteiger partial charge in [-0.05, 0) is 36.4 Å². The molecule has 0 aliphatic heterocycles. The van der Waals surface area contributed by atoms with Crippen LogP contribution in [0, 0.1) is 0 Å². The molecule has 0 saturated heterocycles. The first-order chi connectivity index (χ1) is 11.1. The van der Waals surface area contributed by atoms with Crippen LogP contribution in [0.1, 0.15) is 13.3 Å². The van der Waals surface area contributed by atoms with E-state index in [9.17, 15) is 9.59 Å². The van der Waals surface area contributed by atoms with E-state index >= 15 is 0 Å². The van der Waals surface area contributed by atoms with Crippen molar-refractivity contribution in [3.8, 4) is 0 Å². The van der Waals surface area contributed by atoms with Crippen molar-refractivity contribution in [1.29, 1.82) is 0 Å². The van der Waals surface area contributed by atoms with Gasteiger partial charge in [0.1, 0.15) is 0 Å². The number of hydrogen-bond acceptors (Lipinski definition) is 3. The average molecular weight is 311 g/mol. The minimum atomic E-state index is -0.0282. The van der Waals surface area contributed by atoms with Crippen molar-refractivity contribution in [2.45, 2.75) is 13.3 Å². The molecule has 2 aromatic carbocycles. The second kappa shape index (κ2) is 7.98. The first-order valence-corrected chi connectivity index (χ1v) is 7.55. The van der Waals surface area contributed by atoms with Gasteiger partial charge in [-0.25, -0.2) is 0 Å². The fraction of sp³-hybridized carbons (Fsp3) is 0.222. The Bertz CT molecular complexity index is 654. The Hall–Kier alpha value is -2.82. The second-order valence-corrected chi connectivity index (χ2v) is 5.12. The summed E-state index contributed by atoms with van der Waals surface area (Å²) in [5.41, 5.74) is 2.43. The summed E-state index contributed by atoms with van der Waals surface area (Å²) in [5.74, 6) is -0.0510. The van der Waals surface area contributed by atoms with Crippen molar-refractivity contribution in [3.05, 3.63) is 54.6 Å². The summed E-state index contributed by atoms with van der Waals surface area (Å²) in [5, 5.41) is 5.87. The molecule has 23 heavy (non-hydrogen) atoms. The topological polar surface area (TPSA) is 61.4 Å². The molecule has 0 aromatic heterocycles. The Morgan fingerprint density at radius 3 is 2.17 bits per heavy atom. The number of likely N-dealkylation sites (N-methyl/N-ethyl adjacent to an activating group) is 1. The Morgan fingerprint density at radius 1 is 0.957 bits per heavy atom. The van der Waals surface area contributed by atoms with Crippen molar-refractivity contribution in [3.63, 3.8) is 0 Å². The number of hydrogen-bond donors (Lipinski definition) is 2. The first kappa shape index (κ1) is 16.5. The Morgan fingerprint density at radius 2 is 1.57 bits per heavy atom. The van der Waals surface area contributed by atoms with Crippen LogP contribution in [-0.4, -0.2) is 25.4 Å². The fourth-order valence-electron chi connectivity index (χ4n) is 2.01. The number of anilines is 3. The number of nitrogens with zero attached hydrogens (tertiary/aromatic N) is 1. The molecule has 0 unspecified atom stereocenters. The molecule has 0 bridgehead atoms. The Kier molecular flexibility index (Phi) is 5.74. The summed E-state index contributed by atoms with van der Waals surface area (Å²) in [7, 11) is 1.75. The SMILES string of the molecule is CCC(=O)Nc1ccc(NCC(=O)N(C)c2ccccc2)cc1. The largest absolute Gasteiger partial charge is 0.376 e. The summed E-state index contributed by atoms with van der Waals surface area (Å²) < 4.78 is 0. The summed E-state index contributed by atoms with van der Waals surface area (Å²) >= 11 is 0. The van der Waals surface area contributed by atoms with Gasteiger partial charge in [0.05, 0.1) is 6.54 Å². The number of benzene rings is 2. The van der Waals surface area contributed by atoms with Crippen molar-refractivity contribution in [2.75, 3.05) is 29.1 Å². The average Bonchev–Trinajstić information content (AvgIpc) is 2.60. The van der Waals surface area contributed by atoms with E-state index in [4.69, 9.17) is 0 Å². The zero-order valence-electron chi connectivity index (χ0n) is 13.4. The van der Waals surface area contributed by atoms with Gasteiger partial charge in [-0.15, -0.1) is 0 Å². The van der Waals surface area contributed by atoms with Crippen LogP contribution in [0.15, 0.2) is 54.6 Å². The highest BCUT2D eigenvalue weighted by molar-refractivity contribution is 5.95. The van der Waals surface area contributed by atoms with E-state index in [0.29, 0.717) is 6.42 Å². The van der Waals surface area contributed by atoms with E-state index in [1.807, 2.05) is 42.5 Å². The molecular formula is C18H21N3O2. The third-order valence-electron chi connectivity index (χ3n) is 3.45. The summed E-state index contributed by atoms with van der Waals surface area (Å²) in [6, 6.07) is 16.8. The summed E-state index contributed by atoms with van der Waals surface area (Å²) in [6.45, 7) is 2.01. The standard InChI is InChI=1S/C18H21N3O2/c1-3-17(22)20-15-11-9-14(10-12-15)19-13-18(23)21(2)16-7-5-4-6-8-16/h4-12,19H,3,13H2,1-2H3,(H,20,22). The first-order valence-electron chi connectivity index (χ1n) is 7.55. The van der Waals surface area contributed by atoms with Gasteiger partial charge in [-0.3, -0.25) is 9.59 Å². The van der Waals surface area contributed by atoms with Crippen LogP contribution in [0.25, 0.3) is 0 Å². The molecule has 5 nitrogen and oxygen atoms in total. The molecule has 0 radical (unpaired) electrons. The summed E-state index contributed by atoms with van der Waals surface area (Å²) in [4.78, 5) is 25.1. The lowest BCUT2D eigenvalue weighted by atomic mass is 10.2. The lowest BCUT2D eigenvalue weighted by Crippen LogP contribution is -2.32. The molecule has 0 aliphatic rings. The van der Waals surface area contributed by atoms with Crippen LogP contribution in [0.2, 0.25) is 0 Å². The van der Waals surface area contributed by atoms with Crippen LogP contribution in [0.4, 0.5) is 17.1 Å². The minimum Gasteiger partial charge on any atom is -0.376 e. The smallest absolute Gasteiger partial charge is 0.246 e. The van der Waals surface area contributed by atoms with Gasteiger partial charge in [0.25, 0.3) is 0 Å². The number of amides is 2. The normalized spacial score (nSPS) is 10.0. The molecule has 0 saturated carbocycles. The van der Waals surface area contributed by atoms with Gasteiger partial charge in [-0.1, -0.05) is 25.1 Å². The Balaban J connectivity index is 1.88. The van der Waals surface area contributed by atoms with E-state index < -0.39 is 0 Å². The zero-order chi connectivity index (χ0) is 16.7. The van der Waals surface area contributed by atoms with Crippen LogP contribution < -0.4 is 15.5 Å². The van der Waals surface area contributed by atoms with Crippen LogP contribution in [-0.2, 0) is 9.59 Å². The fourth-order valence-corrected chi connectivity index (χ4v) is 2.01. The molecule has 0 heterocycles. The monoisotopic (exact) mass is 311 g/mol. The van der Waals surface area contributed by atoms with E-state index in [-0.39, 0.29) is 18.4 Å². The number of carbonyl (C=O) groups is 2. The molecule has 2 amide bonds. The van der Waals surface area contributed by atoms with E-state index in [0.717, 1.165) is 17.1 Å². The highest BCUT2D eigenvalue weighted by atomic mass is 16.2. The predicted octanol–water partition coefficient (Wildman–Crippen LogP) is 3.11. The summed E-state index contributed by atoms with van der Waals surface area (Å²) in [6.07, 6.45) is 0.445. The van der Waals surface area contributed by atoms with Gasteiger partial charge in [0, 0.05) is 30.5 Å². The molecule has 0 atom stereocenters. The van der Waals surface area contributed by atoms with E-state index in [1.54, 1.807) is 31.0 Å². The van der Waals surface area contributed by atoms with E-state index in [2.05, 4.69) is 10.6 Å². The maximum Gasteiger partial charge on any atom is 0.246 e. The Labute approximate surface area is 136 Å². The zero-order valence-corrected chi connectivity index (χ0v) is 13.4. The molecule has 5 heteroatoms. The van der Waals surface area contributed by atoms with Gasteiger partial charge in [0.2, 0.25) is 11.8 Å². The lowest BCUT2D eigenvalue weighted by Gasteiger charge is -2.18. The molecule has 0 spiro atoms. The maximum atomic E-state index is 12.2. The molecule has 0 aliphatic carbocycles. The molecule has 120 valence electrons. The van der Waals surface area contributed by atoms with Crippen molar-refractivity contribution >= 4 is 28.9 Å².